The molecule has 116 valence electrons. The van der Waals surface area contributed by atoms with Crippen LogP contribution in [0.15, 0.2) is 43.0 Å². The summed E-state index contributed by atoms with van der Waals surface area (Å²) in [4.78, 5) is 11.3. The van der Waals surface area contributed by atoms with E-state index >= 15 is 0 Å². The highest BCUT2D eigenvalue weighted by atomic mass is 19.3. The lowest BCUT2D eigenvalue weighted by atomic mass is 9.79. The SMILES string of the molecule is C=C[C@@H](CC(F)(F)C(=O)OCC)[C@@](C)(O)c1ccccc1. The first kappa shape index (κ1) is 17.3. The van der Waals surface area contributed by atoms with Gasteiger partial charge in [-0.25, -0.2) is 4.79 Å². The van der Waals surface area contributed by atoms with Crippen molar-refractivity contribution in [3.8, 4) is 0 Å². The highest BCUT2D eigenvalue weighted by Gasteiger charge is 2.46. The molecule has 5 heteroatoms. The molecule has 0 saturated heterocycles. The molecule has 0 heterocycles. The highest BCUT2D eigenvalue weighted by molar-refractivity contribution is 5.77. The minimum Gasteiger partial charge on any atom is -0.462 e. The van der Waals surface area contributed by atoms with Crippen molar-refractivity contribution >= 4 is 5.97 Å². The molecule has 0 spiro atoms. The summed E-state index contributed by atoms with van der Waals surface area (Å²) in [5.41, 5.74) is -1.08. The van der Waals surface area contributed by atoms with Crippen molar-refractivity contribution in [3.63, 3.8) is 0 Å². The second-order valence-corrected chi connectivity index (χ2v) is 4.98. The number of rotatable bonds is 7. The van der Waals surface area contributed by atoms with Crippen molar-refractivity contribution in [2.45, 2.75) is 31.8 Å². The normalized spacial score (nSPS) is 15.9. The van der Waals surface area contributed by atoms with Crippen LogP contribution in [0.5, 0.6) is 0 Å². The number of hydrogen-bond acceptors (Lipinski definition) is 3. The Bertz CT molecular complexity index is 484. The average molecular weight is 298 g/mol. The first-order valence-electron chi connectivity index (χ1n) is 6.71. The van der Waals surface area contributed by atoms with Gasteiger partial charge < -0.3 is 9.84 Å². The fourth-order valence-electron chi connectivity index (χ4n) is 2.10. The van der Waals surface area contributed by atoms with Crippen LogP contribution < -0.4 is 0 Å². The lowest BCUT2D eigenvalue weighted by Crippen LogP contribution is -2.39. The molecule has 0 fully saturated rings. The number of ether oxygens (including phenoxy) is 1. The first-order valence-corrected chi connectivity index (χ1v) is 6.71. The smallest absolute Gasteiger partial charge is 0.376 e. The summed E-state index contributed by atoms with van der Waals surface area (Å²) in [5.74, 6) is -6.26. The lowest BCUT2D eigenvalue weighted by Gasteiger charge is -2.33. The van der Waals surface area contributed by atoms with Crippen molar-refractivity contribution in [1.82, 2.24) is 0 Å². The van der Waals surface area contributed by atoms with E-state index in [4.69, 9.17) is 0 Å². The minimum absolute atomic E-state index is 0.123. The number of esters is 1. The molecule has 0 saturated carbocycles. The van der Waals surface area contributed by atoms with Gasteiger partial charge in [0.2, 0.25) is 0 Å². The van der Waals surface area contributed by atoms with Gasteiger partial charge in [-0.3, -0.25) is 0 Å². The number of hydrogen-bond donors (Lipinski definition) is 1. The number of benzene rings is 1. The Labute approximate surface area is 123 Å². The van der Waals surface area contributed by atoms with Gasteiger partial charge in [0, 0.05) is 12.3 Å². The standard InChI is InChI=1S/C16H20F2O3/c1-4-12(11-16(17,18)14(19)21-5-2)15(3,20)13-9-7-6-8-10-13/h4,6-10,12,20H,1,5,11H2,2-3H3/t12-,15+/m0/s1. The lowest BCUT2D eigenvalue weighted by molar-refractivity contribution is -0.176. The van der Waals surface area contributed by atoms with Crippen LogP contribution in [0.1, 0.15) is 25.8 Å². The maximum Gasteiger partial charge on any atom is 0.376 e. The van der Waals surface area contributed by atoms with E-state index in [9.17, 15) is 18.7 Å². The van der Waals surface area contributed by atoms with E-state index in [0.29, 0.717) is 5.56 Å². The minimum atomic E-state index is -3.67. The Morgan fingerprint density at radius 3 is 2.48 bits per heavy atom. The maximum absolute atomic E-state index is 13.9. The number of carbonyl (C=O) groups excluding carboxylic acids is 1. The molecule has 0 radical (unpaired) electrons. The fourth-order valence-corrected chi connectivity index (χ4v) is 2.10. The molecule has 0 aromatic heterocycles. The molecule has 2 atom stereocenters. The molecular weight excluding hydrogens is 278 g/mol. The fraction of sp³-hybridized carbons (Fsp3) is 0.438. The van der Waals surface area contributed by atoms with E-state index in [1.54, 1.807) is 30.3 Å². The van der Waals surface area contributed by atoms with Gasteiger partial charge in [-0.15, -0.1) is 6.58 Å². The van der Waals surface area contributed by atoms with Crippen molar-refractivity contribution in [3.05, 3.63) is 48.6 Å². The molecule has 0 bridgehead atoms. The van der Waals surface area contributed by atoms with E-state index < -0.39 is 29.8 Å². The highest BCUT2D eigenvalue weighted by Crippen LogP contribution is 2.37. The van der Waals surface area contributed by atoms with Crippen LogP contribution in [0.25, 0.3) is 0 Å². The van der Waals surface area contributed by atoms with Crippen molar-refractivity contribution < 1.29 is 23.4 Å². The molecule has 1 aromatic rings. The quantitative estimate of drug-likeness (QED) is 0.620. The third-order valence-corrected chi connectivity index (χ3v) is 3.42. The monoisotopic (exact) mass is 298 g/mol. The third-order valence-electron chi connectivity index (χ3n) is 3.42. The zero-order valence-electron chi connectivity index (χ0n) is 12.2. The molecular formula is C16H20F2O3. The first-order chi connectivity index (χ1) is 9.75. The van der Waals surface area contributed by atoms with Crippen molar-refractivity contribution in [2.24, 2.45) is 5.92 Å². The van der Waals surface area contributed by atoms with Gasteiger partial charge in [0.25, 0.3) is 0 Å². The Kier molecular flexibility index (Phi) is 5.61. The van der Waals surface area contributed by atoms with E-state index in [0.717, 1.165) is 0 Å². The number of halogens is 2. The molecule has 1 aromatic carbocycles. The Hall–Kier alpha value is -1.75. The predicted octanol–water partition coefficient (Wildman–Crippen LogP) is 3.28. The molecule has 0 unspecified atom stereocenters. The van der Waals surface area contributed by atoms with E-state index in [1.807, 2.05) is 0 Å². The van der Waals surface area contributed by atoms with Crippen LogP contribution in [0, 0.1) is 5.92 Å². The molecule has 21 heavy (non-hydrogen) atoms. The summed E-state index contributed by atoms with van der Waals surface area (Å²) in [6, 6.07) is 8.44. The molecule has 0 aliphatic carbocycles. The number of aliphatic hydroxyl groups is 1. The summed E-state index contributed by atoms with van der Waals surface area (Å²) >= 11 is 0. The van der Waals surface area contributed by atoms with E-state index in [1.165, 1.54) is 19.9 Å². The van der Waals surface area contributed by atoms with Gasteiger partial charge in [0.1, 0.15) is 0 Å². The van der Waals surface area contributed by atoms with Crippen LogP contribution >= 0.6 is 0 Å². The summed E-state index contributed by atoms with van der Waals surface area (Å²) in [7, 11) is 0. The second kappa shape index (κ2) is 6.80. The van der Waals surface area contributed by atoms with Crippen LogP contribution in [0.4, 0.5) is 8.78 Å². The number of alkyl halides is 2. The molecule has 3 nitrogen and oxygen atoms in total. The third kappa shape index (κ3) is 4.11. The van der Waals surface area contributed by atoms with Gasteiger partial charge in [-0.2, -0.15) is 8.78 Å². The summed E-state index contributed by atoms with van der Waals surface area (Å²) in [6.45, 7) is 6.26. The Morgan fingerprint density at radius 1 is 1.43 bits per heavy atom. The van der Waals surface area contributed by atoms with Crippen molar-refractivity contribution in [1.29, 1.82) is 0 Å². The maximum atomic E-state index is 13.9. The molecule has 0 aliphatic rings. The predicted molar refractivity (Wildman–Crippen MR) is 75.9 cm³/mol. The summed E-state index contributed by atoms with van der Waals surface area (Å²) in [5, 5.41) is 10.6. The van der Waals surface area contributed by atoms with Gasteiger partial charge in [-0.05, 0) is 19.4 Å². The molecule has 0 aliphatic heterocycles. The largest absolute Gasteiger partial charge is 0.462 e. The zero-order chi connectivity index (χ0) is 16.1. The average Bonchev–Trinajstić information content (AvgIpc) is 2.45. The van der Waals surface area contributed by atoms with Crippen LogP contribution in [0.2, 0.25) is 0 Å². The van der Waals surface area contributed by atoms with Crippen LogP contribution in [0.3, 0.4) is 0 Å². The Morgan fingerprint density at radius 2 is 2.00 bits per heavy atom. The summed E-state index contributed by atoms with van der Waals surface area (Å²) < 4.78 is 32.1. The van der Waals surface area contributed by atoms with Crippen LogP contribution in [-0.4, -0.2) is 23.6 Å². The molecule has 1 N–H and O–H groups in total. The van der Waals surface area contributed by atoms with Crippen molar-refractivity contribution in [2.75, 3.05) is 6.61 Å². The zero-order valence-corrected chi connectivity index (χ0v) is 12.2. The Balaban J connectivity index is 2.98. The number of carbonyl (C=O) groups is 1. The summed E-state index contributed by atoms with van der Waals surface area (Å²) in [6.07, 6.45) is 0.372. The second-order valence-electron chi connectivity index (χ2n) is 4.98. The van der Waals surface area contributed by atoms with E-state index in [2.05, 4.69) is 11.3 Å². The topological polar surface area (TPSA) is 46.5 Å². The molecule has 1 rings (SSSR count). The van der Waals surface area contributed by atoms with Gasteiger partial charge >= 0.3 is 11.9 Å². The van der Waals surface area contributed by atoms with Gasteiger partial charge in [-0.1, -0.05) is 36.4 Å². The van der Waals surface area contributed by atoms with Gasteiger partial charge in [0.05, 0.1) is 12.2 Å². The van der Waals surface area contributed by atoms with Gasteiger partial charge in [0.15, 0.2) is 0 Å². The van der Waals surface area contributed by atoms with Crippen LogP contribution in [-0.2, 0) is 15.1 Å². The molecule has 0 amide bonds. The van der Waals surface area contributed by atoms with E-state index in [-0.39, 0.29) is 6.61 Å².